The molecule has 0 unspecified atom stereocenters. The summed E-state index contributed by atoms with van der Waals surface area (Å²) in [4.78, 5) is 12.1. The summed E-state index contributed by atoms with van der Waals surface area (Å²) in [6.07, 6.45) is 4.47. The summed E-state index contributed by atoms with van der Waals surface area (Å²) in [7, 11) is 0. The summed E-state index contributed by atoms with van der Waals surface area (Å²) in [6, 6.07) is 13.7. The number of aryl methyl sites for hydroxylation is 1. The molecule has 2 aromatic rings. The van der Waals surface area contributed by atoms with Gasteiger partial charge in [-0.3, -0.25) is 4.79 Å². The van der Waals surface area contributed by atoms with Gasteiger partial charge in [0.1, 0.15) is 23.1 Å². The zero-order valence-electron chi connectivity index (χ0n) is 13.7. The minimum absolute atomic E-state index is 0.0331. The van der Waals surface area contributed by atoms with Gasteiger partial charge in [0.05, 0.1) is 0 Å². The Morgan fingerprint density at radius 3 is 2.52 bits per heavy atom. The summed E-state index contributed by atoms with van der Waals surface area (Å²) in [6.45, 7) is 2.30. The number of phenols is 2. The number of hydrogen-bond donors (Lipinski definition) is 3. The molecule has 0 atom stereocenters. The van der Waals surface area contributed by atoms with Gasteiger partial charge in [-0.05, 0) is 41.8 Å². The molecule has 0 heterocycles. The lowest BCUT2D eigenvalue weighted by Gasteiger charge is -2.06. The first-order valence-electron chi connectivity index (χ1n) is 7.64. The molecule has 0 spiro atoms. The van der Waals surface area contributed by atoms with Crippen LogP contribution in [0, 0.1) is 18.3 Å². The maximum Gasteiger partial charge on any atom is 0.262 e. The van der Waals surface area contributed by atoms with Crippen LogP contribution in [0.1, 0.15) is 16.7 Å². The molecule has 5 nitrogen and oxygen atoms in total. The van der Waals surface area contributed by atoms with E-state index in [9.17, 15) is 15.0 Å². The molecule has 0 saturated carbocycles. The lowest BCUT2D eigenvalue weighted by Crippen LogP contribution is -2.24. The number of rotatable bonds is 5. The minimum Gasteiger partial charge on any atom is -0.508 e. The standard InChI is InChI=1S/C20H18N2O3/c1-14-5-2-3-7-17(14)13-22-20(25)16(12-21)8-4-6-15-9-18(23)11-19(24)10-15/h2-11,23-24H,13H2,1H3,(H,22,25)/b6-4+,16-8+. The largest absolute Gasteiger partial charge is 0.508 e. The molecule has 126 valence electrons. The van der Waals surface area contributed by atoms with E-state index < -0.39 is 5.91 Å². The fourth-order valence-electron chi connectivity index (χ4n) is 2.21. The second-order valence-corrected chi connectivity index (χ2v) is 5.44. The van der Waals surface area contributed by atoms with Gasteiger partial charge in [0.2, 0.25) is 0 Å². The van der Waals surface area contributed by atoms with Crippen molar-refractivity contribution >= 4 is 12.0 Å². The molecule has 0 aliphatic heterocycles. The number of phenolic OH excluding ortho intramolecular Hbond substituents is 2. The van der Waals surface area contributed by atoms with E-state index in [-0.39, 0.29) is 17.1 Å². The summed E-state index contributed by atoms with van der Waals surface area (Å²) < 4.78 is 0. The number of carbonyl (C=O) groups is 1. The molecule has 25 heavy (non-hydrogen) atoms. The van der Waals surface area contributed by atoms with E-state index in [0.29, 0.717) is 12.1 Å². The van der Waals surface area contributed by atoms with Crippen molar-refractivity contribution in [2.24, 2.45) is 0 Å². The van der Waals surface area contributed by atoms with Crippen molar-refractivity contribution in [2.75, 3.05) is 0 Å². The molecular weight excluding hydrogens is 316 g/mol. The number of nitriles is 1. The number of aromatic hydroxyl groups is 2. The quantitative estimate of drug-likeness (QED) is 0.445. The molecule has 5 heteroatoms. The molecule has 0 bridgehead atoms. The fraction of sp³-hybridized carbons (Fsp3) is 0.100. The van der Waals surface area contributed by atoms with Gasteiger partial charge in [0.15, 0.2) is 0 Å². The van der Waals surface area contributed by atoms with Crippen LogP contribution in [0.5, 0.6) is 11.5 Å². The number of hydrogen-bond acceptors (Lipinski definition) is 4. The maximum absolute atomic E-state index is 12.1. The van der Waals surface area contributed by atoms with Gasteiger partial charge in [-0.15, -0.1) is 0 Å². The average molecular weight is 334 g/mol. The number of benzene rings is 2. The SMILES string of the molecule is Cc1ccccc1CNC(=O)/C(C#N)=C/C=C/c1cc(O)cc(O)c1. The predicted octanol–water partition coefficient (Wildman–Crippen LogP) is 3.19. The van der Waals surface area contributed by atoms with Crippen molar-refractivity contribution in [1.29, 1.82) is 5.26 Å². The summed E-state index contributed by atoms with van der Waals surface area (Å²) in [5, 5.41) is 30.7. The minimum atomic E-state index is -0.464. The van der Waals surface area contributed by atoms with Crippen LogP contribution in [-0.4, -0.2) is 16.1 Å². The number of nitrogens with zero attached hydrogens (tertiary/aromatic N) is 1. The summed E-state index contributed by atoms with van der Waals surface area (Å²) >= 11 is 0. The average Bonchev–Trinajstić information content (AvgIpc) is 2.57. The van der Waals surface area contributed by atoms with Crippen LogP contribution < -0.4 is 5.32 Å². The zero-order chi connectivity index (χ0) is 18.2. The Hall–Kier alpha value is -3.52. The third kappa shape index (κ3) is 5.26. The first-order valence-corrected chi connectivity index (χ1v) is 7.64. The van der Waals surface area contributed by atoms with Crippen molar-refractivity contribution < 1.29 is 15.0 Å². The van der Waals surface area contributed by atoms with E-state index in [1.54, 1.807) is 6.08 Å². The first kappa shape index (κ1) is 17.8. The first-order chi connectivity index (χ1) is 12.0. The highest BCUT2D eigenvalue weighted by molar-refractivity contribution is 5.97. The Bertz CT molecular complexity index is 857. The molecule has 0 saturated heterocycles. The fourth-order valence-corrected chi connectivity index (χ4v) is 2.21. The summed E-state index contributed by atoms with van der Waals surface area (Å²) in [5.74, 6) is -0.602. The smallest absolute Gasteiger partial charge is 0.262 e. The van der Waals surface area contributed by atoms with Crippen LogP contribution >= 0.6 is 0 Å². The molecule has 0 fully saturated rings. The Balaban J connectivity index is 2.04. The van der Waals surface area contributed by atoms with Gasteiger partial charge in [0, 0.05) is 12.6 Å². The van der Waals surface area contributed by atoms with Crippen LogP contribution in [0.3, 0.4) is 0 Å². The van der Waals surface area contributed by atoms with Gasteiger partial charge in [-0.1, -0.05) is 36.4 Å². The van der Waals surface area contributed by atoms with Crippen molar-refractivity contribution in [2.45, 2.75) is 13.5 Å². The van der Waals surface area contributed by atoms with E-state index in [1.165, 1.54) is 30.4 Å². The van der Waals surface area contributed by atoms with Crippen molar-refractivity contribution in [3.63, 3.8) is 0 Å². The monoisotopic (exact) mass is 334 g/mol. The molecule has 2 aromatic carbocycles. The molecule has 1 amide bonds. The topological polar surface area (TPSA) is 93.4 Å². The van der Waals surface area contributed by atoms with Crippen LogP contribution in [0.2, 0.25) is 0 Å². The highest BCUT2D eigenvalue weighted by Gasteiger charge is 2.08. The highest BCUT2D eigenvalue weighted by atomic mass is 16.3. The van der Waals surface area contributed by atoms with Gasteiger partial charge in [0.25, 0.3) is 5.91 Å². The Kier molecular flexibility index (Phi) is 5.97. The predicted molar refractivity (Wildman–Crippen MR) is 95.5 cm³/mol. The Morgan fingerprint density at radius 1 is 1.20 bits per heavy atom. The third-order valence-corrected chi connectivity index (χ3v) is 3.54. The number of allylic oxidation sites excluding steroid dienone is 2. The molecule has 0 radical (unpaired) electrons. The Morgan fingerprint density at radius 2 is 1.88 bits per heavy atom. The van der Waals surface area contributed by atoms with E-state index in [4.69, 9.17) is 5.26 Å². The van der Waals surface area contributed by atoms with Crippen LogP contribution in [-0.2, 0) is 11.3 Å². The third-order valence-electron chi connectivity index (χ3n) is 3.54. The maximum atomic E-state index is 12.1. The van der Waals surface area contributed by atoms with Crippen molar-refractivity contribution in [3.05, 3.63) is 76.9 Å². The van der Waals surface area contributed by atoms with Crippen LogP contribution in [0.25, 0.3) is 6.08 Å². The summed E-state index contributed by atoms with van der Waals surface area (Å²) in [5.41, 5.74) is 2.56. The van der Waals surface area contributed by atoms with E-state index in [1.807, 2.05) is 37.3 Å². The van der Waals surface area contributed by atoms with Gasteiger partial charge >= 0.3 is 0 Å². The van der Waals surface area contributed by atoms with E-state index in [2.05, 4.69) is 5.32 Å². The molecule has 0 aliphatic rings. The second-order valence-electron chi connectivity index (χ2n) is 5.44. The van der Waals surface area contributed by atoms with Crippen molar-refractivity contribution in [3.8, 4) is 17.6 Å². The molecule has 0 aromatic heterocycles. The molecule has 3 N–H and O–H groups in total. The van der Waals surface area contributed by atoms with E-state index in [0.717, 1.165) is 11.1 Å². The van der Waals surface area contributed by atoms with Gasteiger partial charge in [-0.25, -0.2) is 0 Å². The normalized spacial score (nSPS) is 11.3. The number of nitrogens with one attached hydrogen (secondary N) is 1. The number of carbonyl (C=O) groups excluding carboxylic acids is 1. The Labute approximate surface area is 146 Å². The van der Waals surface area contributed by atoms with Crippen LogP contribution in [0.15, 0.2) is 60.2 Å². The van der Waals surface area contributed by atoms with Gasteiger partial charge in [-0.2, -0.15) is 5.26 Å². The number of amides is 1. The van der Waals surface area contributed by atoms with E-state index >= 15 is 0 Å². The van der Waals surface area contributed by atoms with Gasteiger partial charge < -0.3 is 15.5 Å². The molecular formula is C20H18N2O3. The lowest BCUT2D eigenvalue weighted by atomic mass is 10.1. The van der Waals surface area contributed by atoms with Crippen molar-refractivity contribution in [1.82, 2.24) is 5.32 Å². The molecule has 2 rings (SSSR count). The van der Waals surface area contributed by atoms with Crippen LogP contribution in [0.4, 0.5) is 0 Å². The highest BCUT2D eigenvalue weighted by Crippen LogP contribution is 2.21. The lowest BCUT2D eigenvalue weighted by molar-refractivity contribution is -0.117. The molecule has 0 aliphatic carbocycles. The second kappa shape index (κ2) is 8.37. The zero-order valence-corrected chi connectivity index (χ0v) is 13.7.